The average molecular weight is 328 g/mol. The fraction of sp³-hybridized carbons (Fsp3) is 0.389. The summed E-state index contributed by atoms with van der Waals surface area (Å²) in [5.74, 6) is -0.0594. The number of nitrogens with zero attached hydrogens (tertiary/aromatic N) is 2. The van der Waals surface area contributed by atoms with Crippen molar-refractivity contribution in [2.45, 2.75) is 26.2 Å². The van der Waals surface area contributed by atoms with Crippen LogP contribution in [0.4, 0.5) is 0 Å². The van der Waals surface area contributed by atoms with E-state index < -0.39 is 5.97 Å². The van der Waals surface area contributed by atoms with Gasteiger partial charge in [0, 0.05) is 13.1 Å². The highest BCUT2D eigenvalue weighted by atomic mass is 16.4. The Morgan fingerprint density at radius 3 is 2.62 bits per heavy atom. The van der Waals surface area contributed by atoms with Crippen LogP contribution in [0.25, 0.3) is 0 Å². The number of carboxylic acid groups (broad SMARTS) is 1. The summed E-state index contributed by atoms with van der Waals surface area (Å²) in [5, 5.41) is 9.27. The molecule has 1 amide bonds. The SMILES string of the molecule is Cc1ocnc1C(=O)N1CCC(Cc2ccccc2C(=O)O)CC1. The van der Waals surface area contributed by atoms with Gasteiger partial charge in [-0.05, 0) is 43.7 Å². The molecule has 0 spiro atoms. The predicted molar refractivity (Wildman–Crippen MR) is 87.0 cm³/mol. The van der Waals surface area contributed by atoms with Gasteiger partial charge in [-0.1, -0.05) is 18.2 Å². The summed E-state index contributed by atoms with van der Waals surface area (Å²) in [6, 6.07) is 7.13. The summed E-state index contributed by atoms with van der Waals surface area (Å²) >= 11 is 0. The van der Waals surface area contributed by atoms with Crippen molar-refractivity contribution in [2.24, 2.45) is 5.92 Å². The lowest BCUT2D eigenvalue weighted by Crippen LogP contribution is -2.39. The summed E-state index contributed by atoms with van der Waals surface area (Å²) in [6.45, 7) is 3.05. The van der Waals surface area contributed by atoms with E-state index in [0.29, 0.717) is 36.0 Å². The first-order chi connectivity index (χ1) is 11.6. The quantitative estimate of drug-likeness (QED) is 0.933. The van der Waals surface area contributed by atoms with E-state index in [2.05, 4.69) is 4.98 Å². The Labute approximate surface area is 140 Å². The van der Waals surface area contributed by atoms with Crippen molar-refractivity contribution in [3.05, 3.63) is 53.2 Å². The maximum Gasteiger partial charge on any atom is 0.335 e. The number of aromatic nitrogens is 1. The number of aromatic carboxylic acids is 1. The molecule has 1 aromatic heterocycles. The van der Waals surface area contributed by atoms with Crippen molar-refractivity contribution in [3.63, 3.8) is 0 Å². The molecule has 1 N–H and O–H groups in total. The minimum absolute atomic E-state index is 0.0920. The van der Waals surface area contributed by atoms with E-state index in [-0.39, 0.29) is 5.91 Å². The van der Waals surface area contributed by atoms with Crippen molar-refractivity contribution in [1.82, 2.24) is 9.88 Å². The normalized spacial score (nSPS) is 15.5. The van der Waals surface area contributed by atoms with Crippen molar-refractivity contribution >= 4 is 11.9 Å². The van der Waals surface area contributed by atoms with Gasteiger partial charge in [0.05, 0.1) is 5.56 Å². The summed E-state index contributed by atoms with van der Waals surface area (Å²) in [5.41, 5.74) is 1.61. The third-order valence-electron chi connectivity index (χ3n) is 4.61. The monoisotopic (exact) mass is 328 g/mol. The largest absolute Gasteiger partial charge is 0.478 e. The number of aryl methyl sites for hydroxylation is 1. The lowest BCUT2D eigenvalue weighted by atomic mass is 9.88. The van der Waals surface area contributed by atoms with Crippen LogP contribution in [0, 0.1) is 12.8 Å². The van der Waals surface area contributed by atoms with Gasteiger partial charge < -0.3 is 14.4 Å². The maximum absolute atomic E-state index is 12.4. The Bertz CT molecular complexity index is 745. The molecule has 6 nitrogen and oxygen atoms in total. The first-order valence-corrected chi connectivity index (χ1v) is 8.07. The summed E-state index contributed by atoms with van der Waals surface area (Å²) in [6.07, 6.45) is 3.73. The first kappa shape index (κ1) is 16.2. The van der Waals surface area contributed by atoms with Gasteiger partial charge in [0.25, 0.3) is 5.91 Å². The van der Waals surface area contributed by atoms with Crippen molar-refractivity contribution < 1.29 is 19.1 Å². The van der Waals surface area contributed by atoms with E-state index in [1.807, 2.05) is 12.1 Å². The Hall–Kier alpha value is -2.63. The zero-order chi connectivity index (χ0) is 17.1. The van der Waals surface area contributed by atoms with Gasteiger partial charge in [0.1, 0.15) is 5.76 Å². The molecule has 3 rings (SSSR count). The minimum atomic E-state index is -0.889. The van der Waals surface area contributed by atoms with Crippen LogP contribution in [0.3, 0.4) is 0 Å². The molecule has 1 aliphatic rings. The van der Waals surface area contributed by atoms with E-state index >= 15 is 0 Å². The molecule has 2 heterocycles. The van der Waals surface area contributed by atoms with Crippen LogP contribution in [0.5, 0.6) is 0 Å². The van der Waals surface area contributed by atoms with E-state index in [9.17, 15) is 14.7 Å². The van der Waals surface area contributed by atoms with E-state index in [0.717, 1.165) is 24.8 Å². The van der Waals surface area contributed by atoms with Crippen LogP contribution in [0.15, 0.2) is 35.1 Å². The lowest BCUT2D eigenvalue weighted by molar-refractivity contribution is 0.0683. The average Bonchev–Trinajstić information content (AvgIpc) is 3.01. The molecule has 1 fully saturated rings. The molecular formula is C18H20N2O4. The van der Waals surface area contributed by atoms with Crippen LogP contribution >= 0.6 is 0 Å². The van der Waals surface area contributed by atoms with E-state index in [1.54, 1.807) is 24.0 Å². The second-order valence-electron chi connectivity index (χ2n) is 6.16. The third kappa shape index (κ3) is 3.32. The van der Waals surface area contributed by atoms with Gasteiger partial charge in [0.2, 0.25) is 0 Å². The molecule has 0 radical (unpaired) electrons. The number of hydrogen-bond donors (Lipinski definition) is 1. The highest BCUT2D eigenvalue weighted by Gasteiger charge is 2.27. The van der Waals surface area contributed by atoms with Gasteiger partial charge in [-0.2, -0.15) is 0 Å². The number of carboxylic acids is 1. The number of rotatable bonds is 4. The fourth-order valence-electron chi connectivity index (χ4n) is 3.22. The number of likely N-dealkylation sites (tertiary alicyclic amines) is 1. The summed E-state index contributed by atoms with van der Waals surface area (Å²) < 4.78 is 5.10. The first-order valence-electron chi connectivity index (χ1n) is 8.07. The van der Waals surface area contributed by atoms with Gasteiger partial charge in [0.15, 0.2) is 12.1 Å². The standard InChI is InChI=1S/C18H20N2O4/c1-12-16(19-11-24-12)17(21)20-8-6-13(7-9-20)10-14-4-2-3-5-15(14)18(22)23/h2-5,11,13H,6-10H2,1H3,(H,22,23). The Kier molecular flexibility index (Phi) is 4.64. The number of carbonyl (C=O) groups excluding carboxylic acids is 1. The van der Waals surface area contributed by atoms with Crippen LogP contribution in [-0.2, 0) is 6.42 Å². The Balaban J connectivity index is 1.61. The van der Waals surface area contributed by atoms with Crippen LogP contribution in [0.1, 0.15) is 45.0 Å². The Morgan fingerprint density at radius 1 is 1.29 bits per heavy atom. The maximum atomic E-state index is 12.4. The molecule has 0 atom stereocenters. The summed E-state index contributed by atoms with van der Waals surface area (Å²) in [4.78, 5) is 29.5. The number of benzene rings is 1. The van der Waals surface area contributed by atoms with Crippen molar-refractivity contribution in [2.75, 3.05) is 13.1 Å². The molecule has 0 saturated carbocycles. The topological polar surface area (TPSA) is 83.6 Å². The smallest absolute Gasteiger partial charge is 0.335 e. The van der Waals surface area contributed by atoms with Gasteiger partial charge in [-0.25, -0.2) is 9.78 Å². The van der Waals surface area contributed by atoms with Crippen LogP contribution in [-0.4, -0.2) is 40.0 Å². The predicted octanol–water partition coefficient (Wildman–Crippen LogP) is 2.78. The molecule has 1 aliphatic heterocycles. The molecule has 1 saturated heterocycles. The van der Waals surface area contributed by atoms with Gasteiger partial charge in [-0.3, -0.25) is 4.79 Å². The second-order valence-corrected chi connectivity index (χ2v) is 6.16. The molecule has 0 unspecified atom stereocenters. The highest BCUT2D eigenvalue weighted by molar-refractivity contribution is 5.93. The Morgan fingerprint density at radius 2 is 2.00 bits per heavy atom. The van der Waals surface area contributed by atoms with Crippen molar-refractivity contribution in [3.8, 4) is 0 Å². The molecule has 0 aliphatic carbocycles. The van der Waals surface area contributed by atoms with E-state index in [1.165, 1.54) is 6.39 Å². The van der Waals surface area contributed by atoms with E-state index in [4.69, 9.17) is 4.42 Å². The molecule has 2 aromatic rings. The molecule has 0 bridgehead atoms. The van der Waals surface area contributed by atoms with Gasteiger partial charge >= 0.3 is 5.97 Å². The minimum Gasteiger partial charge on any atom is -0.478 e. The molecule has 1 aromatic carbocycles. The number of hydrogen-bond acceptors (Lipinski definition) is 4. The molecule has 24 heavy (non-hydrogen) atoms. The lowest BCUT2D eigenvalue weighted by Gasteiger charge is -2.32. The molecule has 6 heteroatoms. The number of carbonyl (C=O) groups is 2. The van der Waals surface area contributed by atoms with Crippen LogP contribution < -0.4 is 0 Å². The molecular weight excluding hydrogens is 308 g/mol. The van der Waals surface area contributed by atoms with Crippen molar-refractivity contribution in [1.29, 1.82) is 0 Å². The van der Waals surface area contributed by atoms with Gasteiger partial charge in [-0.15, -0.1) is 0 Å². The van der Waals surface area contributed by atoms with Crippen LogP contribution in [0.2, 0.25) is 0 Å². The fourth-order valence-corrected chi connectivity index (χ4v) is 3.22. The number of oxazole rings is 1. The summed E-state index contributed by atoms with van der Waals surface area (Å²) in [7, 11) is 0. The highest BCUT2D eigenvalue weighted by Crippen LogP contribution is 2.24. The molecule has 126 valence electrons. The number of amides is 1. The zero-order valence-electron chi connectivity index (χ0n) is 13.6. The zero-order valence-corrected chi connectivity index (χ0v) is 13.6. The number of piperidine rings is 1. The second kappa shape index (κ2) is 6.86. The third-order valence-corrected chi connectivity index (χ3v) is 4.61.